The topological polar surface area (TPSA) is 66.8 Å². The van der Waals surface area contributed by atoms with Gasteiger partial charge in [-0.15, -0.1) is 11.3 Å². The molecule has 2 aromatic rings. The smallest absolute Gasteiger partial charge is 0.243 e. The SMILES string of the molecule is COc1cc(C)c(S(=O)(=O)N(C)CC(O)c2cccs2)c(C)c1. The van der Waals surface area contributed by atoms with Crippen molar-refractivity contribution in [2.45, 2.75) is 24.8 Å². The molecule has 0 radical (unpaired) electrons. The molecule has 1 N–H and O–H groups in total. The molecule has 5 nitrogen and oxygen atoms in total. The van der Waals surface area contributed by atoms with Gasteiger partial charge < -0.3 is 9.84 Å². The summed E-state index contributed by atoms with van der Waals surface area (Å²) in [6.07, 6.45) is -0.839. The van der Waals surface area contributed by atoms with Crippen molar-refractivity contribution >= 4 is 21.4 Å². The highest BCUT2D eigenvalue weighted by atomic mass is 32.2. The summed E-state index contributed by atoms with van der Waals surface area (Å²) in [7, 11) is -0.660. The minimum atomic E-state index is -3.69. The van der Waals surface area contributed by atoms with Gasteiger partial charge in [0.15, 0.2) is 0 Å². The van der Waals surface area contributed by atoms with E-state index in [2.05, 4.69) is 0 Å². The molecule has 2 rings (SSSR count). The van der Waals surface area contributed by atoms with Gasteiger partial charge >= 0.3 is 0 Å². The minimum absolute atomic E-state index is 0.00769. The Labute approximate surface area is 141 Å². The zero-order valence-corrected chi connectivity index (χ0v) is 15.2. The molecule has 0 saturated heterocycles. The van der Waals surface area contributed by atoms with Gasteiger partial charge in [0, 0.05) is 18.5 Å². The molecule has 0 aliphatic rings. The number of hydrogen-bond donors (Lipinski definition) is 1. The van der Waals surface area contributed by atoms with Crippen LogP contribution >= 0.6 is 11.3 Å². The number of methoxy groups -OCH3 is 1. The van der Waals surface area contributed by atoms with Crippen LogP contribution in [0.15, 0.2) is 34.5 Å². The quantitative estimate of drug-likeness (QED) is 0.865. The van der Waals surface area contributed by atoms with Crippen LogP contribution in [-0.2, 0) is 10.0 Å². The number of rotatable bonds is 6. The predicted octanol–water partition coefficient (Wildman–Crippen LogP) is 2.73. The molecule has 7 heteroatoms. The highest BCUT2D eigenvalue weighted by Crippen LogP contribution is 2.29. The molecule has 1 atom stereocenters. The first-order valence-corrected chi connectivity index (χ1v) is 9.42. The summed E-state index contributed by atoms with van der Waals surface area (Å²) in [5.74, 6) is 0.625. The molecule has 0 saturated carbocycles. The lowest BCUT2D eigenvalue weighted by Gasteiger charge is -2.22. The van der Waals surface area contributed by atoms with E-state index in [1.165, 1.54) is 22.7 Å². The van der Waals surface area contributed by atoms with Gasteiger partial charge in [-0.1, -0.05) is 6.07 Å². The second-order valence-corrected chi connectivity index (χ2v) is 8.37. The van der Waals surface area contributed by atoms with Crippen LogP contribution in [0, 0.1) is 13.8 Å². The highest BCUT2D eigenvalue weighted by molar-refractivity contribution is 7.89. The molecule has 23 heavy (non-hydrogen) atoms. The maximum Gasteiger partial charge on any atom is 0.243 e. The number of likely N-dealkylation sites (N-methyl/N-ethyl adjacent to an activating group) is 1. The van der Waals surface area contributed by atoms with Crippen LogP contribution in [0.2, 0.25) is 0 Å². The fourth-order valence-corrected chi connectivity index (χ4v) is 4.79. The third kappa shape index (κ3) is 3.74. The molecule has 0 aliphatic heterocycles. The maximum absolute atomic E-state index is 12.9. The Bertz CT molecular complexity index is 746. The fourth-order valence-electron chi connectivity index (χ4n) is 2.50. The number of benzene rings is 1. The molecule has 126 valence electrons. The summed E-state index contributed by atoms with van der Waals surface area (Å²) in [4.78, 5) is 1.01. The first-order valence-electron chi connectivity index (χ1n) is 7.10. The summed E-state index contributed by atoms with van der Waals surface area (Å²) in [6.45, 7) is 3.49. The zero-order valence-electron chi connectivity index (χ0n) is 13.6. The lowest BCUT2D eigenvalue weighted by Crippen LogP contribution is -2.32. The van der Waals surface area contributed by atoms with Crippen LogP contribution in [0.4, 0.5) is 0 Å². The summed E-state index contributed by atoms with van der Waals surface area (Å²) < 4.78 is 32.1. The van der Waals surface area contributed by atoms with Gasteiger partial charge in [0.05, 0.1) is 12.0 Å². The number of nitrogens with zero attached hydrogens (tertiary/aromatic N) is 1. The van der Waals surface area contributed by atoms with E-state index in [1.807, 2.05) is 11.4 Å². The molecule has 0 aliphatic carbocycles. The van der Waals surface area contributed by atoms with Crippen molar-refractivity contribution in [2.75, 3.05) is 20.7 Å². The average Bonchev–Trinajstić information content (AvgIpc) is 3.00. The third-order valence-electron chi connectivity index (χ3n) is 3.64. The van der Waals surface area contributed by atoms with E-state index in [9.17, 15) is 13.5 Å². The van der Waals surface area contributed by atoms with Crippen molar-refractivity contribution in [1.82, 2.24) is 4.31 Å². The number of sulfonamides is 1. The predicted molar refractivity (Wildman–Crippen MR) is 91.6 cm³/mol. The number of aryl methyl sites for hydroxylation is 2. The Morgan fingerprint density at radius 1 is 1.30 bits per heavy atom. The molecule has 0 spiro atoms. The molecule has 1 heterocycles. The van der Waals surface area contributed by atoms with Gasteiger partial charge in [0.1, 0.15) is 11.9 Å². The Kier molecular flexibility index (Phi) is 5.46. The molecular formula is C16H21NO4S2. The van der Waals surface area contributed by atoms with Gasteiger partial charge in [-0.25, -0.2) is 8.42 Å². The molecule has 1 aromatic heterocycles. The highest BCUT2D eigenvalue weighted by Gasteiger charge is 2.27. The van der Waals surface area contributed by atoms with Crippen molar-refractivity contribution < 1.29 is 18.3 Å². The van der Waals surface area contributed by atoms with Crippen LogP contribution < -0.4 is 4.74 Å². The maximum atomic E-state index is 12.9. The van der Waals surface area contributed by atoms with Crippen LogP contribution in [0.3, 0.4) is 0 Å². The summed E-state index contributed by atoms with van der Waals surface area (Å²) in [5, 5.41) is 12.0. The van der Waals surface area contributed by atoms with Crippen molar-refractivity contribution in [3.05, 3.63) is 45.6 Å². The first-order chi connectivity index (χ1) is 10.8. The van der Waals surface area contributed by atoms with Gasteiger partial charge in [-0.3, -0.25) is 0 Å². The zero-order chi connectivity index (χ0) is 17.2. The van der Waals surface area contributed by atoms with Crippen molar-refractivity contribution in [3.8, 4) is 5.75 Å². The normalized spacial score (nSPS) is 13.3. The van der Waals surface area contributed by atoms with Gasteiger partial charge in [-0.05, 0) is 48.6 Å². The molecule has 0 amide bonds. The second-order valence-electron chi connectivity index (χ2n) is 5.41. The monoisotopic (exact) mass is 355 g/mol. The molecule has 0 fully saturated rings. The van der Waals surface area contributed by atoms with Gasteiger partial charge in [0.25, 0.3) is 0 Å². The number of ether oxygens (including phenoxy) is 1. The van der Waals surface area contributed by atoms with E-state index < -0.39 is 16.1 Å². The van der Waals surface area contributed by atoms with E-state index in [0.29, 0.717) is 16.9 Å². The first kappa shape index (κ1) is 17.9. The van der Waals surface area contributed by atoms with E-state index in [1.54, 1.807) is 39.2 Å². The summed E-state index contributed by atoms with van der Waals surface area (Å²) in [6, 6.07) is 7.02. The Balaban J connectivity index is 2.31. The van der Waals surface area contributed by atoms with Crippen LogP contribution in [0.25, 0.3) is 0 Å². The number of aliphatic hydroxyl groups is 1. The van der Waals surface area contributed by atoms with E-state index in [4.69, 9.17) is 4.74 Å². The van der Waals surface area contributed by atoms with E-state index in [0.717, 1.165) is 4.88 Å². The number of thiophene rings is 1. The lowest BCUT2D eigenvalue weighted by atomic mass is 10.1. The average molecular weight is 355 g/mol. The van der Waals surface area contributed by atoms with Crippen molar-refractivity contribution in [1.29, 1.82) is 0 Å². The number of aliphatic hydroxyl groups excluding tert-OH is 1. The van der Waals surface area contributed by atoms with Gasteiger partial charge in [-0.2, -0.15) is 4.31 Å². The largest absolute Gasteiger partial charge is 0.497 e. The molecule has 0 bridgehead atoms. The Morgan fingerprint density at radius 2 is 1.91 bits per heavy atom. The van der Waals surface area contributed by atoms with E-state index >= 15 is 0 Å². The van der Waals surface area contributed by atoms with Crippen molar-refractivity contribution in [2.24, 2.45) is 0 Å². The van der Waals surface area contributed by atoms with Crippen molar-refractivity contribution in [3.63, 3.8) is 0 Å². The van der Waals surface area contributed by atoms with Crippen LogP contribution in [0.1, 0.15) is 22.1 Å². The third-order valence-corrected chi connectivity index (χ3v) is 6.74. The molecule has 1 unspecified atom stereocenters. The Hall–Kier alpha value is -1.41. The number of hydrogen-bond acceptors (Lipinski definition) is 5. The van der Waals surface area contributed by atoms with Crippen LogP contribution in [-0.4, -0.2) is 38.5 Å². The Morgan fingerprint density at radius 3 is 2.39 bits per heavy atom. The van der Waals surface area contributed by atoms with Gasteiger partial charge in [0.2, 0.25) is 10.0 Å². The summed E-state index contributed by atoms with van der Waals surface area (Å²) in [5.41, 5.74) is 1.25. The summed E-state index contributed by atoms with van der Waals surface area (Å²) >= 11 is 1.40. The second kappa shape index (κ2) is 7.00. The lowest BCUT2D eigenvalue weighted by molar-refractivity contribution is 0.158. The minimum Gasteiger partial charge on any atom is -0.497 e. The molecule has 1 aromatic carbocycles. The van der Waals surface area contributed by atoms with E-state index in [-0.39, 0.29) is 11.4 Å². The molecular weight excluding hydrogens is 334 g/mol. The fraction of sp³-hybridized carbons (Fsp3) is 0.375. The standard InChI is InChI=1S/C16H21NO4S2/c1-11-8-13(21-4)9-12(2)16(11)23(19,20)17(3)10-14(18)15-6-5-7-22-15/h5-9,14,18H,10H2,1-4H3. The van der Waals surface area contributed by atoms with Crippen LogP contribution in [0.5, 0.6) is 5.75 Å².